The van der Waals surface area contributed by atoms with Gasteiger partial charge in [0.15, 0.2) is 0 Å². The van der Waals surface area contributed by atoms with Crippen LogP contribution in [0, 0.1) is 0 Å². The number of nitrogens with zero attached hydrogens (tertiary/aromatic N) is 2. The van der Waals surface area contributed by atoms with Gasteiger partial charge in [0.25, 0.3) is 10.0 Å². The van der Waals surface area contributed by atoms with Crippen molar-refractivity contribution in [1.82, 2.24) is 10.2 Å². The Hall–Kier alpha value is -3.08. The molecule has 1 atom stereocenters. The second-order valence-corrected chi connectivity index (χ2v) is 12.6. The number of nitrogens with one attached hydrogen (secondary N) is 1. The second-order valence-electron chi connectivity index (χ2n) is 9.38. The van der Waals surface area contributed by atoms with Crippen molar-refractivity contribution in [3.05, 3.63) is 87.9 Å². The Bertz CT molecular complexity index is 1400. The van der Waals surface area contributed by atoms with Gasteiger partial charge in [-0.2, -0.15) is 0 Å². The lowest BCUT2D eigenvalue weighted by Gasteiger charge is -2.32. The van der Waals surface area contributed by atoms with Crippen LogP contribution >= 0.6 is 27.5 Å². The van der Waals surface area contributed by atoms with Gasteiger partial charge in [-0.25, -0.2) is 8.42 Å². The van der Waals surface area contributed by atoms with Gasteiger partial charge in [0.05, 0.1) is 17.2 Å². The van der Waals surface area contributed by atoms with Gasteiger partial charge in [-0.3, -0.25) is 13.9 Å². The first-order valence-electron chi connectivity index (χ1n) is 12.8. The van der Waals surface area contributed by atoms with Crippen LogP contribution in [-0.2, 0) is 26.2 Å². The normalized spacial score (nSPS) is 12.1. The van der Waals surface area contributed by atoms with E-state index in [4.69, 9.17) is 16.3 Å². The monoisotopic (exact) mass is 649 g/mol. The lowest BCUT2D eigenvalue weighted by atomic mass is 10.1. The number of rotatable bonds is 12. The van der Waals surface area contributed by atoms with E-state index in [0.29, 0.717) is 21.9 Å². The van der Waals surface area contributed by atoms with Crippen molar-refractivity contribution in [2.75, 3.05) is 17.5 Å². The summed E-state index contributed by atoms with van der Waals surface area (Å²) in [4.78, 5) is 28.3. The number of sulfonamides is 1. The lowest BCUT2D eigenvalue weighted by molar-refractivity contribution is -0.139. The van der Waals surface area contributed by atoms with Crippen LogP contribution in [0.2, 0.25) is 5.02 Å². The third-order valence-electron chi connectivity index (χ3n) is 5.98. The van der Waals surface area contributed by atoms with Crippen molar-refractivity contribution in [2.24, 2.45) is 0 Å². The Morgan fingerprint density at radius 2 is 1.55 bits per heavy atom. The van der Waals surface area contributed by atoms with E-state index in [2.05, 4.69) is 21.2 Å². The minimum atomic E-state index is -4.16. The van der Waals surface area contributed by atoms with E-state index in [-0.39, 0.29) is 29.1 Å². The number of hydrogen-bond donors (Lipinski definition) is 1. The maximum atomic E-state index is 13.9. The molecule has 2 amide bonds. The molecule has 0 unspecified atom stereocenters. The fraction of sp³-hybridized carbons (Fsp3) is 0.310. The summed E-state index contributed by atoms with van der Waals surface area (Å²) in [6.45, 7) is 7.13. The van der Waals surface area contributed by atoms with Crippen LogP contribution in [-0.4, -0.2) is 50.4 Å². The van der Waals surface area contributed by atoms with E-state index < -0.39 is 28.5 Å². The van der Waals surface area contributed by atoms with E-state index in [1.54, 1.807) is 67.6 Å². The Morgan fingerprint density at radius 1 is 0.950 bits per heavy atom. The standard InChI is InChI=1S/C29H33BrClN3O5S/c1-5-39-26-14-12-25(13-15-26)34(40(37,38)27-16-8-23(30)9-17-27)19-28(35)33(21(4)29(36)32-20(2)3)18-22-6-10-24(31)11-7-22/h6-17,20-21H,5,18-19H2,1-4H3,(H,32,36)/t21-/m0/s1. The van der Waals surface area contributed by atoms with Gasteiger partial charge < -0.3 is 15.0 Å². The Labute approximate surface area is 249 Å². The fourth-order valence-corrected chi connectivity index (χ4v) is 5.72. The topological polar surface area (TPSA) is 96.0 Å². The van der Waals surface area contributed by atoms with Gasteiger partial charge in [0.2, 0.25) is 11.8 Å². The maximum Gasteiger partial charge on any atom is 0.264 e. The van der Waals surface area contributed by atoms with Crippen LogP contribution in [0.25, 0.3) is 0 Å². The molecular weight excluding hydrogens is 618 g/mol. The molecule has 0 saturated carbocycles. The Kier molecular flexibility index (Phi) is 11.0. The molecule has 11 heteroatoms. The largest absolute Gasteiger partial charge is 0.494 e. The first kappa shape index (κ1) is 31.4. The molecule has 0 saturated heterocycles. The summed E-state index contributed by atoms with van der Waals surface area (Å²) in [6, 6.07) is 18.6. The second kappa shape index (κ2) is 14.0. The molecule has 0 spiro atoms. The zero-order valence-corrected chi connectivity index (χ0v) is 26.0. The predicted octanol–water partition coefficient (Wildman–Crippen LogP) is 5.64. The van der Waals surface area contributed by atoms with E-state index >= 15 is 0 Å². The van der Waals surface area contributed by atoms with Gasteiger partial charge in [0.1, 0.15) is 18.3 Å². The number of anilines is 1. The quantitative estimate of drug-likeness (QED) is 0.274. The van der Waals surface area contributed by atoms with Crippen molar-refractivity contribution in [1.29, 1.82) is 0 Å². The minimum Gasteiger partial charge on any atom is -0.494 e. The Balaban J connectivity index is 2.02. The van der Waals surface area contributed by atoms with Crippen LogP contribution in [0.1, 0.15) is 33.3 Å². The van der Waals surface area contributed by atoms with E-state index in [9.17, 15) is 18.0 Å². The summed E-state index contributed by atoms with van der Waals surface area (Å²) in [5.41, 5.74) is 1.02. The third kappa shape index (κ3) is 8.22. The van der Waals surface area contributed by atoms with E-state index in [1.165, 1.54) is 17.0 Å². The van der Waals surface area contributed by atoms with Crippen LogP contribution in [0.3, 0.4) is 0 Å². The van der Waals surface area contributed by atoms with Gasteiger partial charge in [-0.05, 0) is 93.9 Å². The lowest BCUT2D eigenvalue weighted by Crippen LogP contribution is -2.52. The van der Waals surface area contributed by atoms with Gasteiger partial charge in [0, 0.05) is 22.1 Å². The molecule has 0 aromatic heterocycles. The van der Waals surface area contributed by atoms with Crippen LogP contribution in [0.5, 0.6) is 5.75 Å². The van der Waals surface area contributed by atoms with Crippen LogP contribution < -0.4 is 14.4 Å². The molecule has 3 rings (SSSR count). The SMILES string of the molecule is CCOc1ccc(N(CC(=O)N(Cc2ccc(Cl)cc2)[C@@H](C)C(=O)NC(C)C)S(=O)(=O)c2ccc(Br)cc2)cc1. The first-order valence-corrected chi connectivity index (χ1v) is 15.4. The molecule has 0 radical (unpaired) electrons. The summed E-state index contributed by atoms with van der Waals surface area (Å²) in [6.07, 6.45) is 0. The number of carbonyl (C=O) groups is 2. The Morgan fingerprint density at radius 3 is 2.10 bits per heavy atom. The molecule has 40 heavy (non-hydrogen) atoms. The number of halogens is 2. The number of benzene rings is 3. The van der Waals surface area contributed by atoms with E-state index in [0.717, 1.165) is 9.87 Å². The van der Waals surface area contributed by atoms with Crippen LogP contribution in [0.15, 0.2) is 82.2 Å². The van der Waals surface area contributed by atoms with Crippen LogP contribution in [0.4, 0.5) is 5.69 Å². The fourth-order valence-electron chi connectivity index (χ4n) is 3.91. The van der Waals surface area contributed by atoms with E-state index in [1.807, 2.05) is 20.8 Å². The molecule has 0 heterocycles. The highest BCUT2D eigenvalue weighted by molar-refractivity contribution is 9.10. The highest BCUT2D eigenvalue weighted by atomic mass is 79.9. The van der Waals surface area contributed by atoms with Gasteiger partial charge in [-0.15, -0.1) is 0 Å². The zero-order chi connectivity index (χ0) is 29.4. The summed E-state index contributed by atoms with van der Waals surface area (Å²) < 4.78 is 35.0. The number of hydrogen-bond acceptors (Lipinski definition) is 5. The molecule has 0 aliphatic rings. The maximum absolute atomic E-state index is 13.9. The molecule has 0 fully saturated rings. The van der Waals surface area contributed by atoms with Crippen molar-refractivity contribution < 1.29 is 22.7 Å². The molecule has 0 aliphatic carbocycles. The molecule has 0 aliphatic heterocycles. The number of ether oxygens (including phenoxy) is 1. The van der Waals surface area contributed by atoms with Gasteiger partial charge >= 0.3 is 0 Å². The van der Waals surface area contributed by atoms with Crippen molar-refractivity contribution in [3.8, 4) is 5.75 Å². The van der Waals surface area contributed by atoms with Gasteiger partial charge in [-0.1, -0.05) is 39.7 Å². The molecule has 1 N–H and O–H groups in total. The highest BCUT2D eigenvalue weighted by Crippen LogP contribution is 2.27. The summed E-state index contributed by atoms with van der Waals surface area (Å²) in [5, 5.41) is 3.37. The van der Waals surface area contributed by atoms with Crippen molar-refractivity contribution in [3.63, 3.8) is 0 Å². The summed E-state index contributed by atoms with van der Waals surface area (Å²) in [5.74, 6) is -0.321. The number of carbonyl (C=O) groups excluding carboxylic acids is 2. The average Bonchev–Trinajstić information content (AvgIpc) is 2.91. The molecule has 214 valence electrons. The molecule has 3 aromatic rings. The molecule has 3 aromatic carbocycles. The highest BCUT2D eigenvalue weighted by Gasteiger charge is 2.32. The van der Waals surface area contributed by atoms with Crippen molar-refractivity contribution in [2.45, 2.75) is 51.2 Å². The first-order chi connectivity index (χ1) is 18.9. The average molecular weight is 651 g/mol. The predicted molar refractivity (Wildman–Crippen MR) is 161 cm³/mol. The summed E-state index contributed by atoms with van der Waals surface area (Å²) >= 11 is 9.37. The molecule has 0 bridgehead atoms. The molecule has 8 nitrogen and oxygen atoms in total. The molecular formula is C29H33BrClN3O5S. The van der Waals surface area contributed by atoms with Crippen molar-refractivity contribution >= 4 is 55.1 Å². The summed E-state index contributed by atoms with van der Waals surface area (Å²) in [7, 11) is -4.16. The zero-order valence-electron chi connectivity index (χ0n) is 22.8. The third-order valence-corrected chi connectivity index (χ3v) is 8.55. The number of amides is 2. The smallest absolute Gasteiger partial charge is 0.264 e. The minimum absolute atomic E-state index is 0.0206.